The van der Waals surface area contributed by atoms with E-state index in [2.05, 4.69) is 9.97 Å². The first-order valence-electron chi connectivity index (χ1n) is 5.31. The molecule has 0 aliphatic carbocycles. The van der Waals surface area contributed by atoms with Gasteiger partial charge in [-0.1, -0.05) is 53.0 Å². The molecule has 0 N–H and O–H groups in total. The number of hydrogen-bond donors (Lipinski definition) is 0. The summed E-state index contributed by atoms with van der Waals surface area (Å²) >= 11 is 17.8. The van der Waals surface area contributed by atoms with E-state index in [0.29, 0.717) is 10.6 Å². The molecule has 0 saturated carbocycles. The number of benzene rings is 1. The first-order chi connectivity index (χ1) is 9.28. The maximum atomic E-state index is 12.3. The van der Waals surface area contributed by atoms with Crippen molar-refractivity contribution in [2.45, 2.75) is 12.6 Å². The van der Waals surface area contributed by atoms with Gasteiger partial charge >= 0.3 is 6.18 Å². The summed E-state index contributed by atoms with van der Waals surface area (Å²) in [5, 5.41) is 0.0122. The van der Waals surface area contributed by atoms with Crippen LogP contribution in [0.4, 0.5) is 13.2 Å². The van der Waals surface area contributed by atoms with Crippen molar-refractivity contribution in [3.05, 3.63) is 45.4 Å². The van der Waals surface area contributed by atoms with Crippen LogP contribution < -0.4 is 0 Å². The summed E-state index contributed by atoms with van der Waals surface area (Å²) in [6, 6.07) is 6.62. The highest BCUT2D eigenvalue weighted by Crippen LogP contribution is 2.37. The number of alkyl halides is 3. The fourth-order valence-corrected chi connectivity index (χ4v) is 2.45. The monoisotopic (exact) mass is 340 g/mol. The Morgan fingerprint density at radius 2 is 1.50 bits per heavy atom. The van der Waals surface area contributed by atoms with Crippen LogP contribution in [0.5, 0.6) is 0 Å². The summed E-state index contributed by atoms with van der Waals surface area (Å²) in [7, 11) is 0. The summed E-state index contributed by atoms with van der Waals surface area (Å²) in [5.74, 6) is -0.483. The summed E-state index contributed by atoms with van der Waals surface area (Å²) in [5.41, 5.74) is 0.674. The minimum Gasteiger partial charge on any atom is -0.220 e. The molecule has 106 valence electrons. The second-order valence-electron chi connectivity index (χ2n) is 3.87. The van der Waals surface area contributed by atoms with Crippen LogP contribution in [0.15, 0.2) is 24.3 Å². The molecule has 0 fully saturated rings. The maximum Gasteiger partial charge on any atom is 0.396 e. The summed E-state index contributed by atoms with van der Waals surface area (Å²) in [6.45, 7) is 0. The Kier molecular flexibility index (Phi) is 4.42. The number of rotatable bonds is 2. The highest BCUT2D eigenvalue weighted by Gasteiger charge is 2.30. The lowest BCUT2D eigenvalue weighted by Gasteiger charge is -2.11. The zero-order valence-corrected chi connectivity index (χ0v) is 11.9. The lowest BCUT2D eigenvalue weighted by molar-refractivity contribution is -0.128. The summed E-state index contributed by atoms with van der Waals surface area (Å²) in [4.78, 5) is 7.26. The molecule has 2 nitrogen and oxygen atoms in total. The highest BCUT2D eigenvalue weighted by atomic mass is 35.5. The van der Waals surface area contributed by atoms with Crippen molar-refractivity contribution in [1.82, 2.24) is 9.97 Å². The Balaban J connectivity index is 2.50. The predicted octanol–water partition coefficient (Wildman–Crippen LogP) is 5.21. The van der Waals surface area contributed by atoms with Gasteiger partial charge in [-0.05, 0) is 6.07 Å². The van der Waals surface area contributed by atoms with Gasteiger partial charge in [0.05, 0.1) is 5.56 Å². The van der Waals surface area contributed by atoms with E-state index in [9.17, 15) is 13.2 Å². The average Bonchev–Trinajstić information content (AvgIpc) is 2.28. The molecular formula is C12H6Cl3F3N2. The van der Waals surface area contributed by atoms with E-state index in [1.807, 2.05) is 0 Å². The first-order valence-corrected chi connectivity index (χ1v) is 6.45. The van der Waals surface area contributed by atoms with Crippen LogP contribution in [0.25, 0.3) is 11.1 Å². The normalized spacial score (nSPS) is 11.7. The van der Waals surface area contributed by atoms with Crippen molar-refractivity contribution in [2.24, 2.45) is 0 Å². The fourth-order valence-electron chi connectivity index (χ4n) is 1.59. The fraction of sp³-hybridized carbons (Fsp3) is 0.167. The van der Waals surface area contributed by atoms with E-state index >= 15 is 0 Å². The molecular weight excluding hydrogens is 335 g/mol. The van der Waals surface area contributed by atoms with Crippen LogP contribution in [0.2, 0.25) is 15.3 Å². The third-order valence-corrected chi connectivity index (χ3v) is 3.25. The molecule has 0 spiro atoms. The smallest absolute Gasteiger partial charge is 0.220 e. The van der Waals surface area contributed by atoms with E-state index < -0.39 is 18.4 Å². The van der Waals surface area contributed by atoms with Gasteiger partial charge in [0.2, 0.25) is 0 Å². The molecule has 0 saturated heterocycles. The van der Waals surface area contributed by atoms with Crippen molar-refractivity contribution >= 4 is 34.8 Å². The van der Waals surface area contributed by atoms with Crippen LogP contribution in [-0.4, -0.2) is 16.1 Å². The van der Waals surface area contributed by atoms with Crippen molar-refractivity contribution in [1.29, 1.82) is 0 Å². The van der Waals surface area contributed by atoms with Gasteiger partial charge in [0.1, 0.15) is 22.6 Å². The van der Waals surface area contributed by atoms with Crippen LogP contribution in [0.1, 0.15) is 5.82 Å². The van der Waals surface area contributed by atoms with E-state index in [0.717, 1.165) is 0 Å². The molecule has 2 rings (SSSR count). The minimum absolute atomic E-state index is 0.169. The quantitative estimate of drug-likeness (QED) is 0.701. The lowest BCUT2D eigenvalue weighted by atomic mass is 10.1. The molecule has 0 bridgehead atoms. The van der Waals surface area contributed by atoms with Crippen LogP contribution in [-0.2, 0) is 6.42 Å². The molecule has 0 atom stereocenters. The van der Waals surface area contributed by atoms with Gasteiger partial charge < -0.3 is 0 Å². The Hall–Kier alpha value is -1.04. The molecule has 0 aliphatic heterocycles. The predicted molar refractivity (Wildman–Crippen MR) is 72.3 cm³/mol. The molecule has 1 aromatic carbocycles. The molecule has 8 heteroatoms. The molecule has 0 unspecified atom stereocenters. The van der Waals surface area contributed by atoms with Gasteiger partial charge in [-0.3, -0.25) is 0 Å². The average molecular weight is 342 g/mol. The Bertz CT molecular complexity index is 621. The zero-order valence-electron chi connectivity index (χ0n) is 9.68. The van der Waals surface area contributed by atoms with Gasteiger partial charge in [-0.15, -0.1) is 0 Å². The minimum atomic E-state index is -4.43. The van der Waals surface area contributed by atoms with Crippen molar-refractivity contribution in [3.8, 4) is 11.1 Å². The molecule has 0 amide bonds. The Labute approximate surface area is 127 Å². The van der Waals surface area contributed by atoms with Gasteiger partial charge in [0, 0.05) is 10.6 Å². The molecule has 1 aromatic heterocycles. The van der Waals surface area contributed by atoms with Crippen LogP contribution in [0, 0.1) is 0 Å². The third kappa shape index (κ3) is 3.53. The Morgan fingerprint density at radius 3 is 2.00 bits per heavy atom. The second-order valence-corrected chi connectivity index (χ2v) is 4.99. The zero-order chi connectivity index (χ0) is 14.9. The summed E-state index contributed by atoms with van der Waals surface area (Å²) in [6.07, 6.45) is -5.73. The van der Waals surface area contributed by atoms with Crippen molar-refractivity contribution in [2.75, 3.05) is 0 Å². The molecule has 1 heterocycles. The number of aromatic nitrogens is 2. The van der Waals surface area contributed by atoms with Crippen molar-refractivity contribution < 1.29 is 13.2 Å². The molecule has 2 aromatic rings. The molecule has 0 aliphatic rings. The van der Waals surface area contributed by atoms with E-state index in [1.165, 1.54) is 0 Å². The highest BCUT2D eigenvalue weighted by molar-refractivity contribution is 6.40. The van der Waals surface area contributed by atoms with Gasteiger partial charge in [-0.25, -0.2) is 9.97 Å². The van der Waals surface area contributed by atoms with Gasteiger partial charge in [-0.2, -0.15) is 13.2 Å². The SMILES string of the molecule is FC(F)(F)Cc1nc(Cl)c(-c2ccccc2Cl)c(Cl)n1. The Morgan fingerprint density at radius 1 is 0.950 bits per heavy atom. The number of halogens is 6. The topological polar surface area (TPSA) is 25.8 Å². The van der Waals surface area contributed by atoms with E-state index in [4.69, 9.17) is 34.8 Å². The lowest BCUT2D eigenvalue weighted by Crippen LogP contribution is -2.14. The van der Waals surface area contributed by atoms with Crippen molar-refractivity contribution in [3.63, 3.8) is 0 Å². The molecule has 20 heavy (non-hydrogen) atoms. The maximum absolute atomic E-state index is 12.3. The largest absolute Gasteiger partial charge is 0.396 e. The molecule has 0 radical (unpaired) electrons. The number of nitrogens with zero attached hydrogens (tertiary/aromatic N) is 2. The first kappa shape index (κ1) is 15.4. The standard InChI is InChI=1S/C12H6Cl3F3N2/c13-7-4-2-1-3-6(7)9-10(14)19-8(20-11(9)15)5-12(16,17)18/h1-4H,5H2. The van der Waals surface area contributed by atoms with E-state index in [-0.39, 0.29) is 15.9 Å². The summed E-state index contributed by atoms with van der Waals surface area (Å²) < 4.78 is 36.9. The van der Waals surface area contributed by atoms with Crippen LogP contribution in [0.3, 0.4) is 0 Å². The van der Waals surface area contributed by atoms with E-state index in [1.54, 1.807) is 24.3 Å². The third-order valence-electron chi connectivity index (χ3n) is 2.37. The van der Waals surface area contributed by atoms with Gasteiger partial charge in [0.25, 0.3) is 0 Å². The number of hydrogen-bond acceptors (Lipinski definition) is 2. The second kappa shape index (κ2) is 5.76. The van der Waals surface area contributed by atoms with Gasteiger partial charge in [0.15, 0.2) is 0 Å². The van der Waals surface area contributed by atoms with Crippen LogP contribution >= 0.6 is 34.8 Å².